The number of benzene rings is 2. The van der Waals surface area contributed by atoms with Crippen LogP contribution in [0.1, 0.15) is 49.7 Å². The van der Waals surface area contributed by atoms with Crippen molar-refractivity contribution in [3.8, 4) is 5.75 Å². The second kappa shape index (κ2) is 6.95. The molecule has 4 aliphatic carbocycles. The Balaban J connectivity index is 1.21. The van der Waals surface area contributed by atoms with Crippen LogP contribution in [0.4, 0.5) is 5.69 Å². The lowest BCUT2D eigenvalue weighted by atomic mass is 9.48. The third-order valence-electron chi connectivity index (χ3n) is 7.18. The molecule has 4 bridgehead atoms. The van der Waals surface area contributed by atoms with E-state index in [1.54, 1.807) is 0 Å². The lowest BCUT2D eigenvalue weighted by Gasteiger charge is -2.57. The molecule has 0 aliphatic heterocycles. The maximum Gasteiger partial charge on any atom is 0.262 e. The van der Waals surface area contributed by atoms with Crippen LogP contribution in [0.5, 0.6) is 5.75 Å². The number of anilines is 1. The molecule has 4 fully saturated rings. The summed E-state index contributed by atoms with van der Waals surface area (Å²) in [6.45, 7) is 2.04. The minimum absolute atomic E-state index is 0.0280. The van der Waals surface area contributed by atoms with Gasteiger partial charge in [-0.1, -0.05) is 24.3 Å². The molecule has 0 atom stereocenters. The number of nitrogens with one attached hydrogen (secondary N) is 1. The average molecular weight is 376 g/mol. The Bertz CT molecular complexity index is 835. The molecule has 0 unspecified atom stereocenters. The average Bonchev–Trinajstić information content (AvgIpc) is 2.66. The molecule has 0 saturated heterocycles. The van der Waals surface area contributed by atoms with Crippen LogP contribution in [0.2, 0.25) is 0 Å². The van der Waals surface area contributed by atoms with Gasteiger partial charge in [0.25, 0.3) is 5.91 Å². The molecule has 0 spiro atoms. The van der Waals surface area contributed by atoms with E-state index in [9.17, 15) is 4.79 Å². The summed E-state index contributed by atoms with van der Waals surface area (Å²) in [4.78, 5) is 12.2. The molecule has 3 nitrogen and oxygen atoms in total. The molecule has 2 aromatic rings. The quantitative estimate of drug-likeness (QED) is 0.751. The van der Waals surface area contributed by atoms with Gasteiger partial charge in [-0.25, -0.2) is 0 Å². The van der Waals surface area contributed by atoms with E-state index in [0.717, 1.165) is 34.8 Å². The number of aryl methyl sites for hydroxylation is 1. The van der Waals surface area contributed by atoms with Crippen molar-refractivity contribution < 1.29 is 9.53 Å². The molecule has 0 radical (unpaired) electrons. The van der Waals surface area contributed by atoms with Crippen molar-refractivity contribution in [3.05, 3.63) is 59.7 Å². The maximum absolute atomic E-state index is 12.2. The SMILES string of the molecule is Cc1cccc(OCC(=O)Nc2ccc(C34CC5CC(CC(C5)C3)C4)cc2)c1. The Hall–Kier alpha value is -2.29. The zero-order chi connectivity index (χ0) is 19.1. The summed E-state index contributed by atoms with van der Waals surface area (Å²) in [5, 5.41) is 2.96. The lowest BCUT2D eigenvalue weighted by molar-refractivity contribution is -0.118. The molecule has 1 amide bonds. The van der Waals surface area contributed by atoms with Crippen LogP contribution < -0.4 is 10.1 Å². The van der Waals surface area contributed by atoms with Crippen LogP contribution in [0, 0.1) is 24.7 Å². The van der Waals surface area contributed by atoms with Gasteiger partial charge >= 0.3 is 0 Å². The van der Waals surface area contributed by atoms with Crippen molar-refractivity contribution in [1.29, 1.82) is 0 Å². The highest BCUT2D eigenvalue weighted by molar-refractivity contribution is 5.91. The van der Waals surface area contributed by atoms with Crippen molar-refractivity contribution in [2.45, 2.75) is 50.9 Å². The molecule has 1 N–H and O–H groups in total. The predicted molar refractivity (Wildman–Crippen MR) is 112 cm³/mol. The van der Waals surface area contributed by atoms with E-state index >= 15 is 0 Å². The van der Waals surface area contributed by atoms with Crippen molar-refractivity contribution in [2.24, 2.45) is 17.8 Å². The Morgan fingerprint density at radius 1 is 1.00 bits per heavy atom. The van der Waals surface area contributed by atoms with Crippen LogP contribution in [0.25, 0.3) is 0 Å². The largest absolute Gasteiger partial charge is 0.484 e. The number of carbonyl (C=O) groups is 1. The molecule has 4 saturated carbocycles. The van der Waals surface area contributed by atoms with Crippen LogP contribution in [-0.4, -0.2) is 12.5 Å². The monoisotopic (exact) mass is 375 g/mol. The zero-order valence-corrected chi connectivity index (χ0v) is 16.6. The van der Waals surface area contributed by atoms with E-state index in [-0.39, 0.29) is 12.5 Å². The third kappa shape index (κ3) is 3.43. The van der Waals surface area contributed by atoms with Crippen LogP contribution in [0.15, 0.2) is 48.5 Å². The molecule has 0 aromatic heterocycles. The van der Waals surface area contributed by atoms with Gasteiger partial charge in [0, 0.05) is 5.69 Å². The lowest BCUT2D eigenvalue weighted by Crippen LogP contribution is -2.48. The first-order chi connectivity index (χ1) is 13.6. The van der Waals surface area contributed by atoms with Crippen molar-refractivity contribution in [3.63, 3.8) is 0 Å². The van der Waals surface area contributed by atoms with Crippen LogP contribution in [0.3, 0.4) is 0 Å². The summed E-state index contributed by atoms with van der Waals surface area (Å²) in [5.74, 6) is 3.45. The second-order valence-corrected chi connectivity index (χ2v) is 9.43. The molecule has 146 valence electrons. The van der Waals surface area contributed by atoms with E-state index < -0.39 is 0 Å². The summed E-state index contributed by atoms with van der Waals surface area (Å²) in [6.07, 6.45) is 8.51. The fourth-order valence-electron chi connectivity index (χ4n) is 6.42. The zero-order valence-electron chi connectivity index (χ0n) is 16.6. The number of carbonyl (C=O) groups excluding carboxylic acids is 1. The van der Waals surface area contributed by atoms with Gasteiger partial charge in [0.05, 0.1) is 0 Å². The van der Waals surface area contributed by atoms with E-state index in [2.05, 4.69) is 29.6 Å². The number of amides is 1. The highest BCUT2D eigenvalue weighted by Gasteiger charge is 2.51. The molecule has 6 rings (SSSR count). The highest BCUT2D eigenvalue weighted by atomic mass is 16.5. The van der Waals surface area contributed by atoms with Gasteiger partial charge in [-0.3, -0.25) is 4.79 Å². The fourth-order valence-corrected chi connectivity index (χ4v) is 6.42. The smallest absolute Gasteiger partial charge is 0.262 e. The van der Waals surface area contributed by atoms with Crippen molar-refractivity contribution in [1.82, 2.24) is 0 Å². The van der Waals surface area contributed by atoms with Gasteiger partial charge in [0.2, 0.25) is 0 Å². The normalized spacial score (nSPS) is 30.2. The Labute approximate surface area is 167 Å². The second-order valence-electron chi connectivity index (χ2n) is 9.43. The van der Waals surface area contributed by atoms with E-state index in [1.165, 1.54) is 44.1 Å². The van der Waals surface area contributed by atoms with Crippen LogP contribution >= 0.6 is 0 Å². The standard InChI is InChI=1S/C25H29NO2/c1-17-3-2-4-23(9-17)28-16-24(27)26-22-7-5-21(6-8-22)25-13-18-10-19(14-25)12-20(11-18)15-25/h2-9,18-20H,10-16H2,1H3,(H,26,27). The van der Waals surface area contributed by atoms with Gasteiger partial charge in [0.15, 0.2) is 6.61 Å². The van der Waals surface area contributed by atoms with Gasteiger partial charge in [-0.2, -0.15) is 0 Å². The molecule has 28 heavy (non-hydrogen) atoms. The van der Waals surface area contributed by atoms with E-state index in [1.807, 2.05) is 31.2 Å². The number of hydrogen-bond donors (Lipinski definition) is 1. The van der Waals surface area contributed by atoms with Crippen molar-refractivity contribution in [2.75, 3.05) is 11.9 Å². The Kier molecular flexibility index (Phi) is 4.41. The predicted octanol–water partition coefficient (Wildman–Crippen LogP) is 5.48. The molecule has 4 aliphatic rings. The molecule has 0 heterocycles. The van der Waals surface area contributed by atoms with Gasteiger partial charge in [-0.15, -0.1) is 0 Å². The summed E-state index contributed by atoms with van der Waals surface area (Å²) in [6, 6.07) is 16.4. The van der Waals surface area contributed by atoms with Crippen molar-refractivity contribution >= 4 is 11.6 Å². The first kappa shape index (κ1) is 17.8. The Morgan fingerprint density at radius 3 is 2.25 bits per heavy atom. The summed E-state index contributed by atoms with van der Waals surface area (Å²) in [7, 11) is 0. The summed E-state index contributed by atoms with van der Waals surface area (Å²) < 4.78 is 5.60. The molecular formula is C25H29NO2. The summed E-state index contributed by atoms with van der Waals surface area (Å²) >= 11 is 0. The van der Waals surface area contributed by atoms with Gasteiger partial charge in [0.1, 0.15) is 5.75 Å². The van der Waals surface area contributed by atoms with Crippen LogP contribution in [-0.2, 0) is 10.2 Å². The summed E-state index contributed by atoms with van der Waals surface area (Å²) in [5.41, 5.74) is 3.87. The highest BCUT2D eigenvalue weighted by Crippen LogP contribution is 2.60. The maximum atomic E-state index is 12.2. The molecule has 3 heteroatoms. The minimum Gasteiger partial charge on any atom is -0.484 e. The van der Waals surface area contributed by atoms with Gasteiger partial charge < -0.3 is 10.1 Å². The van der Waals surface area contributed by atoms with Gasteiger partial charge in [-0.05, 0) is 104 Å². The van der Waals surface area contributed by atoms with E-state index in [4.69, 9.17) is 4.74 Å². The number of ether oxygens (including phenoxy) is 1. The topological polar surface area (TPSA) is 38.3 Å². The van der Waals surface area contributed by atoms with E-state index in [0.29, 0.717) is 5.41 Å². The number of rotatable bonds is 5. The molecule has 2 aromatic carbocycles. The number of hydrogen-bond acceptors (Lipinski definition) is 2. The molecular weight excluding hydrogens is 346 g/mol. The Morgan fingerprint density at radius 2 is 1.64 bits per heavy atom. The minimum atomic E-state index is -0.121. The first-order valence-electron chi connectivity index (χ1n) is 10.7. The third-order valence-corrected chi connectivity index (χ3v) is 7.18. The fraction of sp³-hybridized carbons (Fsp3) is 0.480. The first-order valence-corrected chi connectivity index (χ1v) is 10.7.